The molecule has 0 unspecified atom stereocenters. The van der Waals surface area contributed by atoms with Crippen molar-refractivity contribution in [2.75, 3.05) is 25.5 Å². The van der Waals surface area contributed by atoms with Crippen molar-refractivity contribution in [1.29, 1.82) is 0 Å². The van der Waals surface area contributed by atoms with Gasteiger partial charge in [0.2, 0.25) is 11.6 Å². The molecule has 1 aromatic heterocycles. The Labute approximate surface area is 199 Å². The van der Waals surface area contributed by atoms with Crippen molar-refractivity contribution in [3.05, 3.63) is 70.4 Å². The molecule has 0 bridgehead atoms. The topological polar surface area (TPSA) is 68.0 Å². The second-order valence-corrected chi connectivity index (χ2v) is 7.97. The van der Waals surface area contributed by atoms with Gasteiger partial charge in [-0.1, -0.05) is 29.8 Å². The minimum absolute atomic E-state index is 0.0534. The fourth-order valence-corrected chi connectivity index (χ4v) is 3.73. The van der Waals surface area contributed by atoms with E-state index in [-0.39, 0.29) is 33.4 Å². The van der Waals surface area contributed by atoms with Crippen LogP contribution in [-0.2, 0) is 4.79 Å². The van der Waals surface area contributed by atoms with E-state index < -0.39 is 5.82 Å². The van der Waals surface area contributed by atoms with Gasteiger partial charge in [-0.05, 0) is 24.3 Å². The molecule has 33 heavy (non-hydrogen) atoms. The number of ether oxygens (including phenoxy) is 2. The van der Waals surface area contributed by atoms with Gasteiger partial charge in [-0.3, -0.25) is 9.78 Å². The SMILES string of the molecule is [C-]#[N+]c1cnc2cc(OC)c(OC3CN(C(=O)C=C)C3)cc2c1Nc1ccc(Cl)c(Cl)c1F. The average molecular weight is 487 g/mol. The number of rotatable bonds is 6. The van der Waals surface area contributed by atoms with E-state index >= 15 is 0 Å². The molecule has 1 N–H and O–H groups in total. The second-order valence-electron chi connectivity index (χ2n) is 7.19. The Kier molecular flexibility index (Phi) is 6.27. The number of amides is 1. The smallest absolute Gasteiger partial charge is 0.246 e. The molecule has 3 aromatic rings. The molecule has 1 fully saturated rings. The first-order chi connectivity index (χ1) is 15.9. The molecule has 0 saturated carbocycles. The number of halogens is 3. The molecule has 2 heterocycles. The van der Waals surface area contributed by atoms with Gasteiger partial charge in [0, 0.05) is 17.6 Å². The molecule has 0 spiro atoms. The monoisotopic (exact) mass is 486 g/mol. The fourth-order valence-electron chi connectivity index (χ4n) is 3.42. The predicted molar refractivity (Wildman–Crippen MR) is 125 cm³/mol. The van der Waals surface area contributed by atoms with E-state index in [1.54, 1.807) is 17.0 Å². The van der Waals surface area contributed by atoms with E-state index in [9.17, 15) is 9.18 Å². The lowest BCUT2D eigenvalue weighted by molar-refractivity contribution is -0.134. The number of nitrogens with one attached hydrogen (secondary N) is 1. The molecule has 1 aliphatic heterocycles. The van der Waals surface area contributed by atoms with E-state index in [1.807, 2.05) is 0 Å². The molecule has 7 nitrogen and oxygen atoms in total. The highest BCUT2D eigenvalue weighted by Crippen LogP contribution is 2.42. The first kappa shape index (κ1) is 22.6. The van der Waals surface area contributed by atoms with Gasteiger partial charge in [0.15, 0.2) is 17.3 Å². The van der Waals surface area contributed by atoms with Gasteiger partial charge in [0.25, 0.3) is 0 Å². The van der Waals surface area contributed by atoms with Crippen LogP contribution in [0.15, 0.2) is 43.1 Å². The number of methoxy groups -OCH3 is 1. The van der Waals surface area contributed by atoms with Gasteiger partial charge in [-0.2, -0.15) is 0 Å². The van der Waals surface area contributed by atoms with Crippen molar-refractivity contribution in [2.24, 2.45) is 0 Å². The first-order valence-electron chi connectivity index (χ1n) is 9.73. The lowest BCUT2D eigenvalue weighted by Gasteiger charge is -2.38. The number of carbonyl (C=O) groups is 1. The second kappa shape index (κ2) is 9.14. The van der Waals surface area contributed by atoms with Crippen LogP contribution in [-0.4, -0.2) is 42.1 Å². The molecule has 4 rings (SSSR count). The Morgan fingerprint density at radius 1 is 1.36 bits per heavy atom. The van der Waals surface area contributed by atoms with Gasteiger partial charge in [0.05, 0.1) is 53.7 Å². The Morgan fingerprint density at radius 2 is 2.12 bits per heavy atom. The number of benzene rings is 2. The van der Waals surface area contributed by atoms with Gasteiger partial charge in [0.1, 0.15) is 6.10 Å². The molecule has 10 heteroatoms. The third-order valence-electron chi connectivity index (χ3n) is 5.18. The van der Waals surface area contributed by atoms with Crippen LogP contribution in [0.2, 0.25) is 10.0 Å². The highest BCUT2D eigenvalue weighted by Gasteiger charge is 2.32. The summed E-state index contributed by atoms with van der Waals surface area (Å²) in [6.45, 7) is 11.8. The highest BCUT2D eigenvalue weighted by molar-refractivity contribution is 6.42. The predicted octanol–water partition coefficient (Wildman–Crippen LogP) is 5.76. The maximum absolute atomic E-state index is 14.7. The Bertz CT molecular complexity index is 1320. The molecule has 1 amide bonds. The average Bonchev–Trinajstić information content (AvgIpc) is 2.80. The maximum Gasteiger partial charge on any atom is 0.246 e. The molecule has 168 valence electrons. The number of carbonyl (C=O) groups excluding carboxylic acids is 1. The summed E-state index contributed by atoms with van der Waals surface area (Å²) in [6, 6.07) is 6.23. The number of likely N-dealkylation sites (tertiary alicyclic amines) is 1. The molecular formula is C23H17Cl2FN4O3. The van der Waals surface area contributed by atoms with Crippen LogP contribution in [0.3, 0.4) is 0 Å². The minimum Gasteiger partial charge on any atom is -0.493 e. The number of aromatic nitrogens is 1. The van der Waals surface area contributed by atoms with Crippen LogP contribution in [0.1, 0.15) is 0 Å². The Balaban J connectivity index is 1.74. The quantitative estimate of drug-likeness (QED) is 0.272. The van der Waals surface area contributed by atoms with Crippen LogP contribution in [0.5, 0.6) is 11.5 Å². The third kappa shape index (κ3) is 4.25. The lowest BCUT2D eigenvalue weighted by atomic mass is 10.1. The summed E-state index contributed by atoms with van der Waals surface area (Å²) >= 11 is 11.8. The van der Waals surface area contributed by atoms with Crippen molar-refractivity contribution in [2.45, 2.75) is 6.10 Å². The van der Waals surface area contributed by atoms with Crippen molar-refractivity contribution >= 4 is 57.1 Å². The van der Waals surface area contributed by atoms with Crippen molar-refractivity contribution in [1.82, 2.24) is 9.88 Å². The van der Waals surface area contributed by atoms with Gasteiger partial charge in [-0.15, -0.1) is 0 Å². The van der Waals surface area contributed by atoms with Gasteiger partial charge in [-0.25, -0.2) is 9.24 Å². The zero-order valence-corrected chi connectivity index (χ0v) is 18.9. The van der Waals surface area contributed by atoms with E-state index in [1.165, 1.54) is 31.5 Å². The summed E-state index contributed by atoms with van der Waals surface area (Å²) in [5, 5.41) is 3.32. The Hall–Kier alpha value is -3.54. The molecule has 1 aliphatic rings. The van der Waals surface area contributed by atoms with Crippen molar-refractivity contribution in [3.63, 3.8) is 0 Å². The van der Waals surface area contributed by atoms with E-state index in [0.717, 1.165) is 0 Å². The summed E-state index contributed by atoms with van der Waals surface area (Å²) in [5.41, 5.74) is 1.07. The van der Waals surface area contributed by atoms with Crippen LogP contribution in [0, 0.1) is 12.4 Å². The van der Waals surface area contributed by atoms with Crippen LogP contribution in [0.25, 0.3) is 15.7 Å². The fraction of sp³-hybridized carbons (Fsp3) is 0.174. The lowest BCUT2D eigenvalue weighted by Crippen LogP contribution is -2.55. The normalized spacial score (nSPS) is 13.2. The van der Waals surface area contributed by atoms with Crippen molar-refractivity contribution < 1.29 is 18.7 Å². The zero-order chi connectivity index (χ0) is 23.7. The van der Waals surface area contributed by atoms with Crippen LogP contribution >= 0.6 is 23.2 Å². The summed E-state index contributed by atoms with van der Waals surface area (Å²) in [6.07, 6.45) is 2.41. The molecule has 0 radical (unpaired) electrons. The van der Waals surface area contributed by atoms with E-state index in [2.05, 4.69) is 21.7 Å². The van der Waals surface area contributed by atoms with Gasteiger partial charge < -0.3 is 19.7 Å². The van der Waals surface area contributed by atoms with E-state index in [4.69, 9.17) is 39.2 Å². The molecular weight excluding hydrogens is 470 g/mol. The van der Waals surface area contributed by atoms with E-state index in [0.29, 0.717) is 41.2 Å². The highest BCUT2D eigenvalue weighted by atomic mass is 35.5. The minimum atomic E-state index is -0.739. The standard InChI is InChI=1S/C23H17Cl2FN4O3/c1-4-20(31)30-10-12(11-30)33-19-7-13-16(8-18(19)32-3)28-9-17(27-2)23(13)29-15-6-5-14(24)21(25)22(15)26/h4-9,12H,1,10-11H2,3H3,(H,28,29). The molecule has 1 saturated heterocycles. The first-order valence-corrected chi connectivity index (χ1v) is 10.5. The summed E-state index contributed by atoms with van der Waals surface area (Å²) in [5.74, 6) is -0.0640. The summed E-state index contributed by atoms with van der Waals surface area (Å²) in [4.78, 5) is 21.1. The largest absolute Gasteiger partial charge is 0.493 e. The summed E-state index contributed by atoms with van der Waals surface area (Å²) < 4.78 is 26.2. The Morgan fingerprint density at radius 3 is 2.79 bits per heavy atom. The summed E-state index contributed by atoms with van der Waals surface area (Å²) in [7, 11) is 1.50. The van der Waals surface area contributed by atoms with Crippen LogP contribution in [0.4, 0.5) is 21.5 Å². The molecule has 2 aromatic carbocycles. The number of hydrogen-bond acceptors (Lipinski definition) is 5. The molecule has 0 aliphatic carbocycles. The van der Waals surface area contributed by atoms with Crippen molar-refractivity contribution in [3.8, 4) is 11.5 Å². The molecule has 0 atom stereocenters. The number of hydrogen-bond donors (Lipinski definition) is 1. The number of nitrogens with zero attached hydrogens (tertiary/aromatic N) is 3. The maximum atomic E-state index is 14.7. The third-order valence-corrected chi connectivity index (χ3v) is 5.96. The number of anilines is 2. The number of pyridine rings is 1. The number of fused-ring (bicyclic) bond motifs is 1. The van der Waals surface area contributed by atoms with Crippen LogP contribution < -0.4 is 14.8 Å². The zero-order valence-electron chi connectivity index (χ0n) is 17.4. The van der Waals surface area contributed by atoms with Gasteiger partial charge >= 0.3 is 0 Å².